The fourth-order valence-corrected chi connectivity index (χ4v) is 3.80. The summed E-state index contributed by atoms with van der Waals surface area (Å²) in [5, 5.41) is 13.2. The minimum atomic E-state index is -0.678. The lowest BCUT2D eigenvalue weighted by Gasteiger charge is -2.29. The second-order valence-electron chi connectivity index (χ2n) is 6.51. The van der Waals surface area contributed by atoms with Crippen LogP contribution in [0.25, 0.3) is 0 Å². The molecule has 3 aliphatic rings. The van der Waals surface area contributed by atoms with Gasteiger partial charge >= 0.3 is 5.97 Å². The first kappa shape index (κ1) is 14.6. The molecule has 0 spiro atoms. The van der Waals surface area contributed by atoms with E-state index >= 15 is 0 Å². The van der Waals surface area contributed by atoms with Crippen LogP contribution in [0.4, 0.5) is 0 Å². The van der Waals surface area contributed by atoms with Crippen molar-refractivity contribution in [3.63, 3.8) is 0 Å². The molecular weight excluding hydrogens is 268 g/mol. The monoisotopic (exact) mass is 292 g/mol. The van der Waals surface area contributed by atoms with E-state index in [9.17, 15) is 4.79 Å². The van der Waals surface area contributed by atoms with E-state index < -0.39 is 5.97 Å². The average Bonchev–Trinajstić information content (AvgIpc) is 3.10. The van der Waals surface area contributed by atoms with Crippen molar-refractivity contribution < 1.29 is 14.7 Å². The van der Waals surface area contributed by atoms with Gasteiger partial charge in [-0.3, -0.25) is 9.69 Å². The van der Waals surface area contributed by atoms with E-state index in [0.717, 1.165) is 31.8 Å². The van der Waals surface area contributed by atoms with Crippen molar-refractivity contribution in [1.82, 2.24) is 4.90 Å². The molecule has 3 rings (SSSR count). The Labute approximate surface area is 125 Å². The maximum atomic E-state index is 11.0. The number of nitrogens with zero attached hydrogens (tertiary/aromatic N) is 2. The van der Waals surface area contributed by atoms with Crippen molar-refractivity contribution in [3.05, 3.63) is 12.2 Å². The summed E-state index contributed by atoms with van der Waals surface area (Å²) in [6, 6.07) is 0. The van der Waals surface area contributed by atoms with Gasteiger partial charge in [0.2, 0.25) is 0 Å². The predicted molar refractivity (Wildman–Crippen MR) is 80.1 cm³/mol. The molecule has 4 atom stereocenters. The number of allylic oxidation sites excluding steroid dienone is 2. The van der Waals surface area contributed by atoms with Gasteiger partial charge in [-0.25, -0.2) is 0 Å². The molecule has 4 unspecified atom stereocenters. The summed E-state index contributed by atoms with van der Waals surface area (Å²) in [5.41, 5.74) is 0. The first-order valence-electron chi connectivity index (χ1n) is 8.01. The van der Waals surface area contributed by atoms with Crippen molar-refractivity contribution in [2.75, 3.05) is 26.2 Å². The lowest BCUT2D eigenvalue weighted by atomic mass is 9.95. The molecular formula is C16H24N2O3. The zero-order valence-corrected chi connectivity index (χ0v) is 12.4. The maximum Gasteiger partial charge on any atom is 0.307 e. The highest BCUT2D eigenvalue weighted by atomic mass is 16.6. The summed E-state index contributed by atoms with van der Waals surface area (Å²) in [6.45, 7) is 2.91. The van der Waals surface area contributed by atoms with Crippen molar-refractivity contribution in [3.8, 4) is 0 Å². The number of carboxylic acid groups (broad SMARTS) is 1. The standard InChI is InChI=1S/C16H24N2O3/c19-16(20)14-2-1-5-18(11-14)6-7-21-17-10-15-9-12-3-4-13(15)8-12/h3-4,10,12-15H,1-2,5-9,11H2,(H,19,20)/b17-10+. The molecule has 0 aromatic heterocycles. The van der Waals surface area contributed by atoms with Crippen LogP contribution in [0, 0.1) is 23.7 Å². The third-order valence-corrected chi connectivity index (χ3v) is 5.01. The Morgan fingerprint density at radius 1 is 1.43 bits per heavy atom. The highest BCUT2D eigenvalue weighted by Crippen LogP contribution is 2.42. The molecule has 2 bridgehead atoms. The van der Waals surface area contributed by atoms with Gasteiger partial charge in [0.05, 0.1) is 5.92 Å². The first-order valence-corrected chi connectivity index (χ1v) is 8.01. The number of carboxylic acids is 1. The van der Waals surface area contributed by atoms with Crippen LogP contribution in [0.5, 0.6) is 0 Å². The number of hydrogen-bond donors (Lipinski definition) is 1. The van der Waals surface area contributed by atoms with Crippen molar-refractivity contribution in [2.45, 2.75) is 25.7 Å². The Balaban J connectivity index is 1.33. The smallest absolute Gasteiger partial charge is 0.307 e. The number of piperidine rings is 1. The molecule has 116 valence electrons. The van der Waals surface area contributed by atoms with Crippen LogP contribution < -0.4 is 0 Å². The van der Waals surface area contributed by atoms with Gasteiger partial charge in [-0.05, 0) is 44.1 Å². The fourth-order valence-electron chi connectivity index (χ4n) is 3.80. The van der Waals surface area contributed by atoms with E-state index in [2.05, 4.69) is 22.2 Å². The summed E-state index contributed by atoms with van der Waals surface area (Å²) in [5.74, 6) is 1.07. The van der Waals surface area contributed by atoms with E-state index in [4.69, 9.17) is 9.94 Å². The highest BCUT2D eigenvalue weighted by molar-refractivity contribution is 5.70. The van der Waals surface area contributed by atoms with Crippen LogP contribution in [0.1, 0.15) is 25.7 Å². The number of aliphatic carboxylic acids is 1. The largest absolute Gasteiger partial charge is 0.481 e. The molecule has 0 radical (unpaired) electrons. The average molecular weight is 292 g/mol. The zero-order chi connectivity index (χ0) is 14.7. The summed E-state index contributed by atoms with van der Waals surface area (Å²) in [6.07, 6.45) is 10.8. The molecule has 1 saturated carbocycles. The van der Waals surface area contributed by atoms with Gasteiger partial charge in [0.25, 0.3) is 0 Å². The van der Waals surface area contributed by atoms with Crippen LogP contribution >= 0.6 is 0 Å². The Morgan fingerprint density at radius 2 is 2.33 bits per heavy atom. The first-order chi connectivity index (χ1) is 10.2. The van der Waals surface area contributed by atoms with Crippen molar-refractivity contribution in [2.24, 2.45) is 28.8 Å². The highest BCUT2D eigenvalue weighted by Gasteiger charge is 2.34. The number of likely N-dealkylation sites (tertiary alicyclic amines) is 1. The molecule has 1 N–H and O–H groups in total. The van der Waals surface area contributed by atoms with Crippen LogP contribution in [-0.4, -0.2) is 48.4 Å². The van der Waals surface area contributed by atoms with Crippen LogP contribution in [0.15, 0.2) is 17.3 Å². The maximum absolute atomic E-state index is 11.0. The molecule has 1 saturated heterocycles. The zero-order valence-electron chi connectivity index (χ0n) is 12.4. The predicted octanol–water partition coefficient (Wildman–Crippen LogP) is 2.00. The van der Waals surface area contributed by atoms with Crippen LogP contribution in [0.2, 0.25) is 0 Å². The minimum absolute atomic E-state index is 0.219. The Hall–Kier alpha value is -1.36. The van der Waals surface area contributed by atoms with E-state index in [1.165, 1.54) is 12.8 Å². The molecule has 1 heterocycles. The van der Waals surface area contributed by atoms with Crippen molar-refractivity contribution >= 4 is 12.2 Å². The number of rotatable bonds is 6. The van der Waals surface area contributed by atoms with E-state index in [1.54, 1.807) is 0 Å². The molecule has 5 heteroatoms. The quantitative estimate of drug-likeness (QED) is 0.352. The van der Waals surface area contributed by atoms with Gasteiger partial charge < -0.3 is 9.94 Å². The summed E-state index contributed by atoms with van der Waals surface area (Å²) in [7, 11) is 0. The van der Waals surface area contributed by atoms with E-state index in [-0.39, 0.29) is 5.92 Å². The molecule has 0 aromatic rings. The molecule has 0 aromatic carbocycles. The van der Waals surface area contributed by atoms with Gasteiger partial charge in [0, 0.05) is 25.2 Å². The number of oxime groups is 1. The number of fused-ring (bicyclic) bond motifs is 2. The Kier molecular flexibility index (Phi) is 4.58. The second-order valence-corrected chi connectivity index (χ2v) is 6.51. The van der Waals surface area contributed by atoms with Gasteiger partial charge in [-0.2, -0.15) is 0 Å². The molecule has 1 aliphatic heterocycles. The Bertz CT molecular complexity index is 435. The van der Waals surface area contributed by atoms with Crippen molar-refractivity contribution in [1.29, 1.82) is 0 Å². The normalized spacial score (nSPS) is 35.6. The Morgan fingerprint density at radius 3 is 3.05 bits per heavy atom. The topological polar surface area (TPSA) is 62.1 Å². The third-order valence-electron chi connectivity index (χ3n) is 5.01. The lowest BCUT2D eigenvalue weighted by Crippen LogP contribution is -2.40. The van der Waals surface area contributed by atoms with Gasteiger partial charge in [0.1, 0.15) is 6.61 Å². The summed E-state index contributed by atoms with van der Waals surface area (Å²) < 4.78 is 0. The molecule has 5 nitrogen and oxygen atoms in total. The van der Waals surface area contributed by atoms with E-state index in [0.29, 0.717) is 25.0 Å². The fraction of sp³-hybridized carbons (Fsp3) is 0.750. The lowest BCUT2D eigenvalue weighted by molar-refractivity contribution is -0.143. The number of carbonyl (C=O) groups is 1. The third kappa shape index (κ3) is 3.64. The minimum Gasteiger partial charge on any atom is -0.481 e. The van der Waals surface area contributed by atoms with Gasteiger partial charge in [-0.1, -0.05) is 17.3 Å². The summed E-state index contributed by atoms with van der Waals surface area (Å²) in [4.78, 5) is 18.5. The molecule has 2 aliphatic carbocycles. The molecule has 2 fully saturated rings. The second kappa shape index (κ2) is 6.60. The van der Waals surface area contributed by atoms with Crippen LogP contribution in [0.3, 0.4) is 0 Å². The SMILES string of the molecule is O=C(O)C1CCCN(CCO/N=C/C2CC3C=CC2C3)C1. The van der Waals surface area contributed by atoms with E-state index in [1.807, 2.05) is 6.21 Å². The number of hydrogen-bond acceptors (Lipinski definition) is 4. The molecule has 21 heavy (non-hydrogen) atoms. The van der Waals surface area contributed by atoms with Gasteiger partial charge in [0.15, 0.2) is 0 Å². The summed E-state index contributed by atoms with van der Waals surface area (Å²) >= 11 is 0. The van der Waals surface area contributed by atoms with Crippen LogP contribution in [-0.2, 0) is 9.63 Å². The molecule has 0 amide bonds. The van der Waals surface area contributed by atoms with Gasteiger partial charge in [-0.15, -0.1) is 0 Å².